The van der Waals surface area contributed by atoms with Gasteiger partial charge in [-0.1, -0.05) is 0 Å². The highest BCUT2D eigenvalue weighted by molar-refractivity contribution is 14.0. The first-order valence-corrected chi connectivity index (χ1v) is 10.6. The van der Waals surface area contributed by atoms with E-state index in [9.17, 15) is 0 Å². The van der Waals surface area contributed by atoms with Gasteiger partial charge >= 0.3 is 0 Å². The number of nitrogens with one attached hydrogen (secondary N) is 1. The Morgan fingerprint density at radius 1 is 1.31 bits per heavy atom. The number of hydrogen-bond acceptors (Lipinski definition) is 5. The van der Waals surface area contributed by atoms with Crippen LogP contribution in [0.25, 0.3) is 0 Å². The van der Waals surface area contributed by atoms with Crippen molar-refractivity contribution in [2.75, 3.05) is 54.0 Å². The third-order valence-corrected chi connectivity index (χ3v) is 5.69. The van der Waals surface area contributed by atoms with Crippen molar-refractivity contribution in [2.24, 2.45) is 4.99 Å². The van der Waals surface area contributed by atoms with E-state index in [-0.39, 0.29) is 30.0 Å². The van der Waals surface area contributed by atoms with E-state index >= 15 is 0 Å². The number of hydrogen-bond donors (Lipinski definition) is 1. The summed E-state index contributed by atoms with van der Waals surface area (Å²) in [6.45, 7) is 4.31. The Balaban J connectivity index is 0.00000300. The largest absolute Gasteiger partial charge is 0.468 e. The van der Waals surface area contributed by atoms with Gasteiger partial charge in [0, 0.05) is 33.3 Å². The van der Waals surface area contributed by atoms with Crippen LogP contribution in [0.2, 0.25) is 0 Å². The van der Waals surface area contributed by atoms with E-state index < -0.39 is 0 Å². The van der Waals surface area contributed by atoms with Gasteiger partial charge in [-0.15, -0.1) is 24.0 Å². The number of likely N-dealkylation sites (tertiary alicyclic amines) is 1. The second-order valence-electron chi connectivity index (χ2n) is 7.93. The number of likely N-dealkylation sites (N-methyl/N-ethyl adjacent to an activating group) is 1. The first kappa shape index (κ1) is 24.4. The van der Waals surface area contributed by atoms with Crippen LogP contribution < -0.4 is 5.32 Å². The van der Waals surface area contributed by atoms with Gasteiger partial charge in [0.05, 0.1) is 31.1 Å². The van der Waals surface area contributed by atoms with Gasteiger partial charge in [0.15, 0.2) is 5.96 Å². The van der Waals surface area contributed by atoms with Crippen LogP contribution in [0.3, 0.4) is 0 Å². The fourth-order valence-corrected chi connectivity index (χ4v) is 3.96. The highest BCUT2D eigenvalue weighted by Crippen LogP contribution is 2.19. The molecule has 0 aromatic carbocycles. The molecule has 8 heteroatoms. The van der Waals surface area contributed by atoms with Crippen molar-refractivity contribution >= 4 is 29.9 Å². The van der Waals surface area contributed by atoms with Crippen molar-refractivity contribution in [1.29, 1.82) is 0 Å². The summed E-state index contributed by atoms with van der Waals surface area (Å²) < 4.78 is 17.5. The van der Waals surface area contributed by atoms with Crippen LogP contribution in [0.4, 0.5) is 0 Å². The maximum absolute atomic E-state index is 6.13. The Kier molecular flexibility index (Phi) is 10.8. The molecule has 0 radical (unpaired) electrons. The predicted molar refractivity (Wildman–Crippen MR) is 126 cm³/mol. The van der Waals surface area contributed by atoms with Gasteiger partial charge in [0.2, 0.25) is 0 Å². The maximum Gasteiger partial charge on any atom is 0.193 e. The van der Waals surface area contributed by atoms with Gasteiger partial charge in [-0.2, -0.15) is 0 Å². The monoisotopic (exact) mass is 520 g/mol. The van der Waals surface area contributed by atoms with Crippen molar-refractivity contribution in [3.8, 4) is 0 Å². The molecule has 166 valence electrons. The number of aliphatic imine (C=N–C) groups is 1. The summed E-state index contributed by atoms with van der Waals surface area (Å²) in [6.07, 6.45) is 8.01. The summed E-state index contributed by atoms with van der Waals surface area (Å²) in [4.78, 5) is 8.97. The molecule has 1 N–H and O–H groups in total. The third-order valence-electron chi connectivity index (χ3n) is 5.69. The first-order chi connectivity index (χ1) is 13.7. The Hall–Kier alpha value is -0.840. The van der Waals surface area contributed by atoms with Gasteiger partial charge in [0.25, 0.3) is 0 Å². The molecule has 0 aliphatic carbocycles. The molecule has 29 heavy (non-hydrogen) atoms. The number of rotatable bonds is 7. The molecule has 2 unspecified atom stereocenters. The van der Waals surface area contributed by atoms with E-state index in [0.717, 1.165) is 63.8 Å². The molecular weight excluding hydrogens is 483 g/mol. The van der Waals surface area contributed by atoms with Gasteiger partial charge in [-0.3, -0.25) is 9.89 Å². The summed E-state index contributed by atoms with van der Waals surface area (Å²) in [6, 6.07) is 4.13. The second-order valence-corrected chi connectivity index (χ2v) is 7.93. The first-order valence-electron chi connectivity index (χ1n) is 10.6. The molecule has 2 atom stereocenters. The summed E-state index contributed by atoms with van der Waals surface area (Å²) in [7, 11) is 5.98. The van der Waals surface area contributed by atoms with Crippen molar-refractivity contribution in [2.45, 2.75) is 50.4 Å². The lowest BCUT2D eigenvalue weighted by molar-refractivity contribution is -0.0721. The van der Waals surface area contributed by atoms with Crippen LogP contribution in [0.1, 0.15) is 43.9 Å². The highest BCUT2D eigenvalue weighted by atomic mass is 127. The Bertz CT molecular complexity index is 583. The molecule has 2 saturated heterocycles. The zero-order valence-corrected chi connectivity index (χ0v) is 20.3. The van der Waals surface area contributed by atoms with Crippen LogP contribution in [-0.2, 0) is 9.47 Å². The summed E-state index contributed by atoms with van der Waals surface area (Å²) in [5.41, 5.74) is 0. The van der Waals surface area contributed by atoms with Crippen LogP contribution in [0.5, 0.6) is 0 Å². The molecule has 0 bridgehead atoms. The number of ether oxygens (including phenoxy) is 2. The van der Waals surface area contributed by atoms with Crippen LogP contribution in [0.15, 0.2) is 27.8 Å². The van der Waals surface area contributed by atoms with Crippen LogP contribution >= 0.6 is 24.0 Å². The summed E-state index contributed by atoms with van der Waals surface area (Å²) >= 11 is 0. The minimum atomic E-state index is 0. The van der Waals surface area contributed by atoms with Crippen molar-refractivity contribution in [3.05, 3.63) is 24.2 Å². The van der Waals surface area contributed by atoms with Crippen molar-refractivity contribution in [3.63, 3.8) is 0 Å². The van der Waals surface area contributed by atoms with Gasteiger partial charge in [-0.25, -0.2) is 0 Å². The minimum absolute atomic E-state index is 0. The normalized spacial score (nSPS) is 22.4. The van der Waals surface area contributed by atoms with E-state index in [1.54, 1.807) is 6.26 Å². The Morgan fingerprint density at radius 2 is 2.10 bits per heavy atom. The molecule has 3 rings (SSSR count). The lowest BCUT2D eigenvalue weighted by Crippen LogP contribution is -2.48. The number of furan rings is 1. The molecule has 7 nitrogen and oxygen atoms in total. The Labute approximate surface area is 192 Å². The number of piperidine rings is 1. The average molecular weight is 520 g/mol. The fraction of sp³-hybridized carbons (Fsp3) is 0.762. The van der Waals surface area contributed by atoms with Gasteiger partial charge < -0.3 is 24.1 Å². The van der Waals surface area contributed by atoms with Crippen LogP contribution in [0, 0.1) is 0 Å². The molecule has 1 aromatic heterocycles. The average Bonchev–Trinajstić information content (AvgIpc) is 3.25. The fourth-order valence-electron chi connectivity index (χ4n) is 3.96. The van der Waals surface area contributed by atoms with E-state index in [1.807, 2.05) is 19.2 Å². The van der Waals surface area contributed by atoms with Gasteiger partial charge in [-0.05, 0) is 58.3 Å². The van der Waals surface area contributed by atoms with E-state index in [2.05, 4.69) is 34.2 Å². The third kappa shape index (κ3) is 7.41. The van der Waals surface area contributed by atoms with E-state index in [0.29, 0.717) is 12.2 Å². The quantitative estimate of drug-likeness (QED) is 0.339. The van der Waals surface area contributed by atoms with E-state index in [1.165, 1.54) is 12.8 Å². The molecule has 2 aliphatic heterocycles. The zero-order valence-electron chi connectivity index (χ0n) is 18.0. The molecule has 2 aliphatic rings. The topological polar surface area (TPSA) is 62.5 Å². The predicted octanol–water partition coefficient (Wildman–Crippen LogP) is 3.13. The molecule has 0 spiro atoms. The van der Waals surface area contributed by atoms with E-state index in [4.69, 9.17) is 13.9 Å². The van der Waals surface area contributed by atoms with Crippen molar-refractivity contribution in [1.82, 2.24) is 15.1 Å². The maximum atomic E-state index is 6.13. The lowest BCUT2D eigenvalue weighted by Gasteiger charge is -2.35. The molecule has 0 saturated carbocycles. The smallest absolute Gasteiger partial charge is 0.193 e. The molecular formula is C21H37IN4O3. The lowest BCUT2D eigenvalue weighted by atomic mass is 10.1. The SMILES string of the molecule is CN=C(NCC(c1ccco1)N(C)C)N1CCC(OCC2CCCCO2)CC1.I. The second kappa shape index (κ2) is 12.8. The molecule has 1 aromatic rings. The van der Waals surface area contributed by atoms with Crippen molar-refractivity contribution < 1.29 is 13.9 Å². The van der Waals surface area contributed by atoms with Gasteiger partial charge in [0.1, 0.15) is 5.76 Å². The summed E-state index contributed by atoms with van der Waals surface area (Å²) in [5, 5.41) is 3.52. The number of nitrogens with zero attached hydrogens (tertiary/aromatic N) is 3. The minimum Gasteiger partial charge on any atom is -0.468 e. The molecule has 2 fully saturated rings. The standard InChI is InChI=1S/C21H36N4O3.HI/c1-22-21(23-15-19(24(2)3)20-8-6-14-27-20)25-11-9-17(10-12-25)28-16-18-7-4-5-13-26-18;/h6,8,14,17-19H,4-5,7,9-13,15-16H2,1-3H3,(H,22,23);1H. The molecule has 0 amide bonds. The Morgan fingerprint density at radius 3 is 2.69 bits per heavy atom. The van der Waals surface area contributed by atoms with Crippen LogP contribution in [-0.4, -0.2) is 82.0 Å². The number of guanidine groups is 1. The zero-order chi connectivity index (χ0) is 19.8. The summed E-state index contributed by atoms with van der Waals surface area (Å²) in [5.74, 6) is 1.91. The molecule has 3 heterocycles. The number of halogens is 1. The highest BCUT2D eigenvalue weighted by Gasteiger charge is 2.25.